The van der Waals surface area contributed by atoms with Gasteiger partial charge >= 0.3 is 0 Å². The number of hydrogen-bond acceptors (Lipinski definition) is 5. The maximum atomic E-state index is 12.4. The lowest BCUT2D eigenvalue weighted by Crippen LogP contribution is -2.37. The van der Waals surface area contributed by atoms with E-state index in [0.29, 0.717) is 12.1 Å². The van der Waals surface area contributed by atoms with E-state index in [0.717, 1.165) is 9.79 Å². The number of carbonyl (C=O) groups excluding carboxylic acids is 1. The molecule has 2 aromatic rings. The molecule has 0 heterocycles. The molecule has 0 aromatic heterocycles. The molecule has 1 unspecified atom stereocenters. The van der Waals surface area contributed by atoms with Crippen molar-refractivity contribution in [1.29, 1.82) is 0 Å². The minimum atomic E-state index is -3.21. The Morgan fingerprint density at radius 3 is 2.36 bits per heavy atom. The highest BCUT2D eigenvalue weighted by atomic mass is 32.2. The van der Waals surface area contributed by atoms with Crippen molar-refractivity contribution >= 4 is 27.5 Å². The largest absolute Gasteiger partial charge is 0.350 e. The smallest absolute Gasteiger partial charge is 0.252 e. The van der Waals surface area contributed by atoms with Crippen molar-refractivity contribution in [3.05, 3.63) is 54.1 Å². The van der Waals surface area contributed by atoms with Gasteiger partial charge in [-0.25, -0.2) is 8.42 Å². The lowest BCUT2D eigenvalue weighted by molar-refractivity contribution is 0.0947. The number of rotatable bonds is 7. The zero-order valence-corrected chi connectivity index (χ0v) is 16.1. The van der Waals surface area contributed by atoms with Gasteiger partial charge in [-0.2, -0.15) is 0 Å². The predicted octanol–water partition coefficient (Wildman–Crippen LogP) is 2.58. The van der Waals surface area contributed by atoms with Crippen LogP contribution in [0.15, 0.2) is 63.2 Å². The van der Waals surface area contributed by atoms with Crippen LogP contribution in [0.5, 0.6) is 0 Å². The highest BCUT2D eigenvalue weighted by molar-refractivity contribution is 7.99. The molecule has 0 aliphatic rings. The van der Waals surface area contributed by atoms with Crippen LogP contribution < -0.4 is 10.6 Å². The monoisotopic (exact) mass is 378 g/mol. The van der Waals surface area contributed by atoms with Gasteiger partial charge in [-0.15, -0.1) is 0 Å². The van der Waals surface area contributed by atoms with Crippen molar-refractivity contribution in [2.45, 2.75) is 27.7 Å². The van der Waals surface area contributed by atoms with Gasteiger partial charge in [-0.3, -0.25) is 4.79 Å². The Morgan fingerprint density at radius 2 is 1.76 bits per heavy atom. The van der Waals surface area contributed by atoms with Gasteiger partial charge in [0, 0.05) is 28.6 Å². The van der Waals surface area contributed by atoms with Gasteiger partial charge < -0.3 is 10.6 Å². The molecule has 2 N–H and O–H groups in total. The van der Waals surface area contributed by atoms with E-state index in [1.807, 2.05) is 32.2 Å². The SMILES string of the molecule is CNC(C)CNC(=O)c1ccccc1Sc1ccc(S(C)(=O)=O)cc1. The van der Waals surface area contributed by atoms with E-state index < -0.39 is 9.84 Å². The second kappa shape index (κ2) is 8.51. The van der Waals surface area contributed by atoms with Crippen molar-refractivity contribution in [2.24, 2.45) is 0 Å². The van der Waals surface area contributed by atoms with Gasteiger partial charge in [0.1, 0.15) is 0 Å². The van der Waals surface area contributed by atoms with E-state index >= 15 is 0 Å². The fourth-order valence-electron chi connectivity index (χ4n) is 2.07. The minimum absolute atomic E-state index is 0.127. The molecule has 0 saturated carbocycles. The topological polar surface area (TPSA) is 75.3 Å². The van der Waals surface area contributed by atoms with Crippen molar-refractivity contribution < 1.29 is 13.2 Å². The minimum Gasteiger partial charge on any atom is -0.350 e. The average molecular weight is 379 g/mol. The second-order valence-corrected chi connectivity index (χ2v) is 8.87. The van der Waals surface area contributed by atoms with Crippen LogP contribution in [0, 0.1) is 0 Å². The summed E-state index contributed by atoms with van der Waals surface area (Å²) in [5.74, 6) is -0.127. The Kier molecular flexibility index (Phi) is 6.64. The van der Waals surface area contributed by atoms with Gasteiger partial charge in [0.25, 0.3) is 5.91 Å². The summed E-state index contributed by atoms with van der Waals surface area (Å²) in [5.41, 5.74) is 0.600. The van der Waals surface area contributed by atoms with Crippen LogP contribution in [0.2, 0.25) is 0 Å². The zero-order chi connectivity index (χ0) is 18.4. The van der Waals surface area contributed by atoms with Crippen LogP contribution in [0.25, 0.3) is 0 Å². The summed E-state index contributed by atoms with van der Waals surface area (Å²) in [7, 11) is -1.36. The molecule has 0 bridgehead atoms. The zero-order valence-electron chi connectivity index (χ0n) is 14.4. The van der Waals surface area contributed by atoms with Gasteiger partial charge in [-0.1, -0.05) is 23.9 Å². The first kappa shape index (κ1) is 19.5. The molecule has 0 saturated heterocycles. The summed E-state index contributed by atoms with van der Waals surface area (Å²) < 4.78 is 23.1. The summed E-state index contributed by atoms with van der Waals surface area (Å²) in [5, 5.41) is 5.99. The van der Waals surface area contributed by atoms with E-state index in [-0.39, 0.29) is 16.8 Å². The Labute approximate surface area is 153 Å². The first-order valence-electron chi connectivity index (χ1n) is 7.83. The Balaban J connectivity index is 2.16. The fraction of sp³-hybridized carbons (Fsp3) is 0.278. The van der Waals surface area contributed by atoms with Crippen LogP contribution >= 0.6 is 11.8 Å². The predicted molar refractivity (Wildman–Crippen MR) is 101 cm³/mol. The normalized spacial score (nSPS) is 12.6. The number of amides is 1. The summed E-state index contributed by atoms with van der Waals surface area (Å²) in [6.07, 6.45) is 1.18. The number of carbonyl (C=O) groups is 1. The standard InChI is InChI=1S/C18H22N2O3S2/c1-13(19-2)12-20-18(21)16-6-4-5-7-17(16)24-14-8-10-15(11-9-14)25(3,22)23/h4-11,13,19H,12H2,1-3H3,(H,20,21). The van der Waals surface area contributed by atoms with E-state index in [9.17, 15) is 13.2 Å². The Hall–Kier alpha value is -1.83. The molecule has 25 heavy (non-hydrogen) atoms. The molecule has 2 aromatic carbocycles. The van der Waals surface area contributed by atoms with Crippen LogP contribution in [0.4, 0.5) is 0 Å². The summed E-state index contributed by atoms with van der Waals surface area (Å²) in [4.78, 5) is 14.4. The van der Waals surface area contributed by atoms with Gasteiger partial charge in [-0.05, 0) is 50.4 Å². The lowest BCUT2D eigenvalue weighted by atomic mass is 10.2. The van der Waals surface area contributed by atoms with Crippen LogP contribution in [0.3, 0.4) is 0 Å². The van der Waals surface area contributed by atoms with Gasteiger partial charge in [0.15, 0.2) is 9.84 Å². The third kappa shape index (κ3) is 5.59. The van der Waals surface area contributed by atoms with E-state index in [1.165, 1.54) is 18.0 Å². The van der Waals surface area contributed by atoms with Crippen LogP contribution in [0.1, 0.15) is 17.3 Å². The second-order valence-electron chi connectivity index (χ2n) is 5.74. The Morgan fingerprint density at radius 1 is 1.12 bits per heavy atom. The van der Waals surface area contributed by atoms with Crippen molar-refractivity contribution in [2.75, 3.05) is 19.8 Å². The summed E-state index contributed by atoms with van der Waals surface area (Å²) in [6.45, 7) is 2.53. The number of sulfone groups is 1. The molecule has 1 amide bonds. The van der Waals surface area contributed by atoms with E-state index in [2.05, 4.69) is 10.6 Å². The van der Waals surface area contributed by atoms with Crippen molar-refractivity contribution in [1.82, 2.24) is 10.6 Å². The molecule has 0 spiro atoms. The molecule has 0 aliphatic carbocycles. The molecule has 0 fully saturated rings. The molecule has 1 atom stereocenters. The summed E-state index contributed by atoms with van der Waals surface area (Å²) >= 11 is 1.43. The molecule has 5 nitrogen and oxygen atoms in total. The number of nitrogens with one attached hydrogen (secondary N) is 2. The molecular weight excluding hydrogens is 356 g/mol. The maximum Gasteiger partial charge on any atom is 0.252 e. The summed E-state index contributed by atoms with van der Waals surface area (Å²) in [6, 6.07) is 14.2. The average Bonchev–Trinajstić information content (AvgIpc) is 2.59. The molecule has 0 radical (unpaired) electrons. The fourth-order valence-corrected chi connectivity index (χ4v) is 3.64. The van der Waals surface area contributed by atoms with Crippen molar-refractivity contribution in [3.63, 3.8) is 0 Å². The lowest BCUT2D eigenvalue weighted by Gasteiger charge is -2.13. The maximum absolute atomic E-state index is 12.4. The van der Waals surface area contributed by atoms with E-state index in [4.69, 9.17) is 0 Å². The van der Waals surface area contributed by atoms with Gasteiger partial charge in [0.2, 0.25) is 0 Å². The third-order valence-electron chi connectivity index (χ3n) is 3.67. The quantitative estimate of drug-likeness (QED) is 0.775. The highest BCUT2D eigenvalue weighted by Gasteiger charge is 2.13. The molecule has 0 aliphatic heterocycles. The number of benzene rings is 2. The number of hydrogen-bond donors (Lipinski definition) is 2. The molecule has 134 valence electrons. The first-order chi connectivity index (χ1) is 11.8. The third-order valence-corrected chi connectivity index (χ3v) is 5.89. The van der Waals surface area contributed by atoms with E-state index in [1.54, 1.807) is 30.3 Å². The highest BCUT2D eigenvalue weighted by Crippen LogP contribution is 2.31. The van der Waals surface area contributed by atoms with Crippen molar-refractivity contribution in [3.8, 4) is 0 Å². The Bertz CT molecular complexity index is 834. The number of likely N-dealkylation sites (N-methyl/N-ethyl adjacent to an activating group) is 1. The molecule has 7 heteroatoms. The van der Waals surface area contributed by atoms with Crippen LogP contribution in [-0.4, -0.2) is 40.2 Å². The van der Waals surface area contributed by atoms with Crippen LogP contribution in [-0.2, 0) is 9.84 Å². The molecule has 2 rings (SSSR count). The first-order valence-corrected chi connectivity index (χ1v) is 10.5. The molecular formula is C18H22N2O3S2. The van der Waals surface area contributed by atoms with Gasteiger partial charge in [0.05, 0.1) is 10.5 Å².